The molecule has 2 heteroatoms. The van der Waals surface area contributed by atoms with Crippen LogP contribution in [0.25, 0.3) is 76.8 Å². The first-order chi connectivity index (χ1) is 40.5. The molecule has 2 aliphatic carbocycles. The molecule has 0 saturated carbocycles. The van der Waals surface area contributed by atoms with E-state index >= 15 is 0 Å². The Morgan fingerprint density at radius 2 is 0.695 bits per heavy atom. The van der Waals surface area contributed by atoms with Crippen LogP contribution >= 0.6 is 0 Å². The van der Waals surface area contributed by atoms with E-state index in [0.29, 0.717) is 0 Å². The predicted octanol–water partition coefficient (Wildman–Crippen LogP) is 20.7. The summed E-state index contributed by atoms with van der Waals surface area (Å²) in [5, 5.41) is 15.5. The van der Waals surface area contributed by atoms with Gasteiger partial charge in [0.05, 0.1) is 16.5 Å². The van der Waals surface area contributed by atoms with Crippen LogP contribution in [0.1, 0.15) is 55.6 Å². The van der Waals surface area contributed by atoms with Gasteiger partial charge in [0.2, 0.25) is 0 Å². The summed E-state index contributed by atoms with van der Waals surface area (Å²) >= 11 is 0. The Morgan fingerprint density at radius 1 is 0.280 bits per heavy atom. The summed E-state index contributed by atoms with van der Waals surface area (Å²) in [7, 11) is 0. The minimum absolute atomic E-state index is 0.507. The molecule has 0 spiro atoms. The highest BCUT2D eigenvalue weighted by Gasteiger charge is 2.47. The van der Waals surface area contributed by atoms with Crippen LogP contribution in [-0.4, -0.2) is 0 Å². The number of aryl methyl sites for hydroxylation is 2. The van der Waals surface area contributed by atoms with Crippen LogP contribution in [0.3, 0.4) is 0 Å². The van der Waals surface area contributed by atoms with Gasteiger partial charge in [0, 0.05) is 38.8 Å². The summed E-state index contributed by atoms with van der Waals surface area (Å²) in [6, 6.07) is 109. The van der Waals surface area contributed by atoms with E-state index in [2.05, 4.69) is 316 Å². The lowest BCUT2D eigenvalue weighted by Crippen LogP contribution is -2.28. The largest absolute Gasteiger partial charge is 0.355 e. The molecule has 82 heavy (non-hydrogen) atoms. The SMILES string of the molecule is Cc1cccc(-c2c(Nc3cccc(C4(c5ccccc5)c5ccccc5-c5ccccc54)c3)c3ccc4ccc(Nc5cccc(C6(c7ccccc7)c7ccccc7-c7ccccc76)c5)c5ccc(c2-c2cccc(C)c2)c3c45)c1. The van der Waals surface area contributed by atoms with Crippen LogP contribution in [0.4, 0.5) is 22.7 Å². The first-order valence-corrected chi connectivity index (χ1v) is 28.6. The van der Waals surface area contributed by atoms with Crippen molar-refractivity contribution >= 4 is 55.1 Å². The molecule has 2 nitrogen and oxygen atoms in total. The van der Waals surface area contributed by atoms with Crippen molar-refractivity contribution in [3.05, 3.63) is 347 Å². The summed E-state index contributed by atoms with van der Waals surface area (Å²) in [4.78, 5) is 0. The molecule has 0 atom stereocenters. The number of nitrogens with one attached hydrogen (secondary N) is 2. The maximum atomic E-state index is 4.25. The van der Waals surface area contributed by atoms with Gasteiger partial charge in [-0.05, 0) is 144 Å². The van der Waals surface area contributed by atoms with Crippen molar-refractivity contribution in [3.63, 3.8) is 0 Å². The van der Waals surface area contributed by atoms with Crippen LogP contribution in [0.5, 0.6) is 0 Å². The zero-order chi connectivity index (χ0) is 54.5. The second-order valence-electron chi connectivity index (χ2n) is 22.5. The number of benzene rings is 14. The molecule has 0 bridgehead atoms. The van der Waals surface area contributed by atoms with E-state index in [1.807, 2.05) is 0 Å². The average Bonchev–Trinajstić information content (AvgIpc) is 2.66. The Hall–Kier alpha value is -10.3. The molecule has 16 rings (SSSR count). The van der Waals surface area contributed by atoms with E-state index in [4.69, 9.17) is 0 Å². The molecule has 0 saturated heterocycles. The fourth-order valence-electron chi connectivity index (χ4n) is 14.8. The topological polar surface area (TPSA) is 24.1 Å². The van der Waals surface area contributed by atoms with Crippen molar-refractivity contribution in [3.8, 4) is 44.5 Å². The maximum Gasteiger partial charge on any atom is 0.0714 e. The third-order valence-electron chi connectivity index (χ3n) is 18.0. The average molecular weight is 1050 g/mol. The zero-order valence-corrected chi connectivity index (χ0v) is 45.7. The van der Waals surface area contributed by atoms with Gasteiger partial charge >= 0.3 is 0 Å². The number of fused-ring (bicyclic) bond motifs is 6. The molecule has 0 fully saturated rings. The normalized spacial score (nSPS) is 13.4. The Kier molecular flexibility index (Phi) is 10.9. The van der Waals surface area contributed by atoms with E-state index < -0.39 is 10.8 Å². The van der Waals surface area contributed by atoms with Gasteiger partial charge in [-0.25, -0.2) is 0 Å². The second-order valence-corrected chi connectivity index (χ2v) is 22.5. The van der Waals surface area contributed by atoms with Crippen molar-refractivity contribution in [2.24, 2.45) is 0 Å². The quantitative estimate of drug-likeness (QED) is 0.133. The third-order valence-corrected chi connectivity index (χ3v) is 18.0. The second kappa shape index (κ2) is 18.7. The Balaban J connectivity index is 0.911. The maximum absolute atomic E-state index is 4.25. The van der Waals surface area contributed by atoms with Gasteiger partial charge < -0.3 is 10.6 Å². The molecule has 0 aromatic heterocycles. The van der Waals surface area contributed by atoms with E-state index in [9.17, 15) is 0 Å². The molecule has 386 valence electrons. The molecule has 14 aromatic carbocycles. The highest BCUT2D eigenvalue weighted by molar-refractivity contribution is 6.32. The summed E-state index contributed by atoms with van der Waals surface area (Å²) in [5.74, 6) is 0. The Morgan fingerprint density at radius 3 is 1.21 bits per heavy atom. The fourth-order valence-corrected chi connectivity index (χ4v) is 14.8. The highest BCUT2D eigenvalue weighted by Crippen LogP contribution is 2.59. The highest BCUT2D eigenvalue weighted by atomic mass is 14.9. The van der Waals surface area contributed by atoms with Gasteiger partial charge in [-0.3, -0.25) is 0 Å². The van der Waals surface area contributed by atoms with Gasteiger partial charge in [-0.2, -0.15) is 0 Å². The van der Waals surface area contributed by atoms with E-state index in [0.717, 1.165) is 22.7 Å². The van der Waals surface area contributed by atoms with Crippen LogP contribution in [0.2, 0.25) is 0 Å². The first-order valence-electron chi connectivity index (χ1n) is 28.6. The lowest BCUT2D eigenvalue weighted by atomic mass is 9.67. The molecule has 0 unspecified atom stereocenters. The summed E-state index contributed by atoms with van der Waals surface area (Å²) in [5.41, 5.74) is 25.6. The molecular formula is C80H56N2. The van der Waals surface area contributed by atoms with E-state index in [1.165, 1.54) is 132 Å². The fraction of sp³-hybridized carbons (Fsp3) is 0.0500. The first kappa shape index (κ1) is 47.7. The van der Waals surface area contributed by atoms with Crippen LogP contribution in [-0.2, 0) is 10.8 Å². The van der Waals surface area contributed by atoms with E-state index in [1.54, 1.807) is 0 Å². The zero-order valence-electron chi connectivity index (χ0n) is 45.7. The Labute approximate surface area is 479 Å². The molecule has 0 heterocycles. The van der Waals surface area contributed by atoms with Gasteiger partial charge in [0.25, 0.3) is 0 Å². The van der Waals surface area contributed by atoms with Crippen molar-refractivity contribution in [1.29, 1.82) is 0 Å². The van der Waals surface area contributed by atoms with Crippen molar-refractivity contribution in [2.75, 3.05) is 10.6 Å². The summed E-state index contributed by atoms with van der Waals surface area (Å²) in [6.07, 6.45) is 0. The van der Waals surface area contributed by atoms with Crippen molar-refractivity contribution in [1.82, 2.24) is 0 Å². The molecule has 14 aromatic rings. The van der Waals surface area contributed by atoms with Crippen LogP contribution in [0, 0.1) is 13.8 Å². The van der Waals surface area contributed by atoms with Crippen LogP contribution in [0.15, 0.2) is 291 Å². The molecule has 2 N–H and O–H groups in total. The smallest absolute Gasteiger partial charge is 0.0714 e. The van der Waals surface area contributed by atoms with Gasteiger partial charge in [0.1, 0.15) is 0 Å². The number of hydrogen-bond donors (Lipinski definition) is 2. The van der Waals surface area contributed by atoms with E-state index in [-0.39, 0.29) is 0 Å². The van der Waals surface area contributed by atoms with Gasteiger partial charge in [-0.1, -0.05) is 272 Å². The Bertz CT molecular complexity index is 4750. The molecule has 0 radical (unpaired) electrons. The van der Waals surface area contributed by atoms with Crippen molar-refractivity contribution in [2.45, 2.75) is 24.7 Å². The minimum Gasteiger partial charge on any atom is -0.355 e. The number of hydrogen-bond acceptors (Lipinski definition) is 2. The van der Waals surface area contributed by atoms with Gasteiger partial charge in [-0.15, -0.1) is 0 Å². The number of anilines is 4. The minimum atomic E-state index is -0.544. The third kappa shape index (κ3) is 7.01. The monoisotopic (exact) mass is 1040 g/mol. The number of rotatable bonds is 10. The summed E-state index contributed by atoms with van der Waals surface area (Å²) < 4.78 is 0. The molecule has 2 aliphatic rings. The van der Waals surface area contributed by atoms with Gasteiger partial charge in [0.15, 0.2) is 0 Å². The lowest BCUT2D eigenvalue weighted by Gasteiger charge is -2.34. The predicted molar refractivity (Wildman–Crippen MR) is 345 cm³/mol. The van der Waals surface area contributed by atoms with Crippen molar-refractivity contribution < 1.29 is 0 Å². The molecule has 0 amide bonds. The van der Waals surface area contributed by atoms with Crippen LogP contribution < -0.4 is 10.6 Å². The molecule has 0 aliphatic heterocycles. The molecular weight excluding hydrogens is 989 g/mol. The standard InChI is InChI=1S/C80H56N2/c1-51-21-17-23-54(47-51)75-67-45-44-66-73(81-60-31-19-29-58(49-60)79(56-25-5-3-6-26-56)69-37-13-9-33-62(69)63-34-10-14-38-70(63)79)46-42-53-41-43-68(77(67)74(53)66)78(76(75)55-24-18-22-52(2)48-55)82-61-32-20-30-59(50-61)80(57-27-7-4-8-28-57)71-39-15-11-35-64(71)65-36-12-16-40-72(65)80/h3-50,81-82H,1-2H3. The lowest BCUT2D eigenvalue weighted by molar-refractivity contribution is 0.769. The summed E-state index contributed by atoms with van der Waals surface area (Å²) in [6.45, 7) is 4.41.